The Kier molecular flexibility index (Phi) is 3.97. The Morgan fingerprint density at radius 3 is 2.90 bits per heavy atom. The summed E-state index contributed by atoms with van der Waals surface area (Å²) >= 11 is 6.37. The van der Waals surface area contributed by atoms with Crippen molar-refractivity contribution in [1.82, 2.24) is 5.32 Å². The number of carbonyl (C=O) groups excluding carboxylic acids is 1. The molecule has 1 aromatic heterocycles. The summed E-state index contributed by atoms with van der Waals surface area (Å²) in [7, 11) is 0. The molecule has 1 aliphatic rings. The minimum Gasteiger partial charge on any atom is -0.463 e. The van der Waals surface area contributed by atoms with Crippen LogP contribution in [0, 0.1) is 0 Å². The molecule has 106 valence electrons. The maximum absolute atomic E-state index is 12.4. The third kappa shape index (κ3) is 2.68. The van der Waals surface area contributed by atoms with Crippen LogP contribution in [0.2, 0.25) is 0 Å². The van der Waals surface area contributed by atoms with Crippen molar-refractivity contribution in [3.63, 3.8) is 0 Å². The molecule has 20 heavy (non-hydrogen) atoms. The molecule has 1 aliphatic carbocycles. The van der Waals surface area contributed by atoms with Crippen LogP contribution in [0.3, 0.4) is 0 Å². The van der Waals surface area contributed by atoms with Crippen molar-refractivity contribution >= 4 is 28.5 Å². The van der Waals surface area contributed by atoms with Gasteiger partial charge in [0.1, 0.15) is 11.8 Å². The third-order valence-electron chi connectivity index (χ3n) is 3.97. The molecule has 1 N–H and O–H groups in total. The first kappa shape index (κ1) is 13.5. The molecule has 1 heterocycles. The summed E-state index contributed by atoms with van der Waals surface area (Å²) < 4.78 is 5.42. The Bertz CT molecular complexity index is 607. The number of rotatable bonds is 2. The number of halogens is 1. The first-order valence-electron chi connectivity index (χ1n) is 7.17. The predicted molar refractivity (Wildman–Crippen MR) is 80.2 cm³/mol. The largest absolute Gasteiger partial charge is 0.463 e. The van der Waals surface area contributed by atoms with Crippen LogP contribution < -0.4 is 5.32 Å². The highest BCUT2D eigenvalue weighted by Crippen LogP contribution is 2.24. The first-order chi connectivity index (χ1) is 9.75. The maximum Gasteiger partial charge on any atom is 0.255 e. The highest BCUT2D eigenvalue weighted by Gasteiger charge is 2.24. The molecular formula is C16H18ClNO2. The summed E-state index contributed by atoms with van der Waals surface area (Å²) in [5.74, 6) is -0.0903. The van der Waals surface area contributed by atoms with E-state index in [0.717, 1.165) is 36.7 Å². The molecule has 4 heteroatoms. The van der Waals surface area contributed by atoms with Gasteiger partial charge in [-0.1, -0.05) is 37.5 Å². The normalized spacial score (nSPS) is 23.4. The second kappa shape index (κ2) is 5.88. The third-order valence-corrected chi connectivity index (χ3v) is 4.50. The molecule has 0 radical (unpaired) electrons. The molecule has 1 saturated carbocycles. The van der Waals surface area contributed by atoms with Crippen LogP contribution in [0.5, 0.6) is 0 Å². The number of para-hydroxylation sites is 1. The van der Waals surface area contributed by atoms with Crippen LogP contribution in [0.15, 0.2) is 34.9 Å². The fourth-order valence-electron chi connectivity index (χ4n) is 2.82. The number of hydrogen-bond donors (Lipinski definition) is 1. The lowest BCUT2D eigenvalue weighted by molar-refractivity contribution is 0.0935. The predicted octanol–water partition coefficient (Wildman–Crippen LogP) is 4.10. The minimum absolute atomic E-state index is 0.0274. The summed E-state index contributed by atoms with van der Waals surface area (Å²) in [6.07, 6.45) is 6.92. The molecule has 2 aromatic rings. The molecule has 0 aliphatic heterocycles. The summed E-state index contributed by atoms with van der Waals surface area (Å²) in [4.78, 5) is 12.4. The Hall–Kier alpha value is -1.48. The monoisotopic (exact) mass is 291 g/mol. The number of benzene rings is 1. The minimum atomic E-state index is -0.0903. The second-order valence-electron chi connectivity index (χ2n) is 5.38. The van der Waals surface area contributed by atoms with Gasteiger partial charge in [-0.2, -0.15) is 0 Å². The zero-order valence-corrected chi connectivity index (χ0v) is 12.0. The van der Waals surface area contributed by atoms with Crippen molar-refractivity contribution in [2.24, 2.45) is 0 Å². The maximum atomic E-state index is 12.4. The van der Waals surface area contributed by atoms with Crippen molar-refractivity contribution in [3.05, 3.63) is 36.1 Å². The lowest BCUT2D eigenvalue weighted by Gasteiger charge is -2.20. The van der Waals surface area contributed by atoms with E-state index in [9.17, 15) is 4.79 Å². The molecule has 1 amide bonds. The van der Waals surface area contributed by atoms with Gasteiger partial charge >= 0.3 is 0 Å². The fraction of sp³-hybridized carbons (Fsp3) is 0.438. The molecule has 3 nitrogen and oxygen atoms in total. The van der Waals surface area contributed by atoms with Crippen LogP contribution in [0.4, 0.5) is 0 Å². The van der Waals surface area contributed by atoms with E-state index in [4.69, 9.17) is 16.0 Å². The van der Waals surface area contributed by atoms with Crippen molar-refractivity contribution in [3.8, 4) is 0 Å². The number of nitrogens with one attached hydrogen (secondary N) is 1. The Labute approximate surface area is 123 Å². The molecule has 2 atom stereocenters. The Morgan fingerprint density at radius 1 is 1.20 bits per heavy atom. The highest BCUT2D eigenvalue weighted by atomic mass is 35.5. The molecule has 0 spiro atoms. The van der Waals surface area contributed by atoms with E-state index in [0.29, 0.717) is 5.56 Å². The van der Waals surface area contributed by atoms with Crippen LogP contribution in [-0.4, -0.2) is 17.3 Å². The number of fused-ring (bicyclic) bond motifs is 1. The first-order valence-corrected chi connectivity index (χ1v) is 7.60. The Morgan fingerprint density at radius 2 is 2.00 bits per heavy atom. The summed E-state index contributed by atoms with van der Waals surface area (Å²) in [6, 6.07) is 7.62. The van der Waals surface area contributed by atoms with Crippen molar-refractivity contribution < 1.29 is 9.21 Å². The fourth-order valence-corrected chi connectivity index (χ4v) is 3.17. The van der Waals surface area contributed by atoms with Crippen LogP contribution >= 0.6 is 11.6 Å². The van der Waals surface area contributed by atoms with Crippen molar-refractivity contribution in [1.29, 1.82) is 0 Å². The number of amides is 1. The molecule has 2 unspecified atom stereocenters. The number of carbonyl (C=O) groups is 1. The van der Waals surface area contributed by atoms with E-state index in [1.54, 1.807) is 0 Å². The standard InChI is InChI=1S/C16H18ClNO2/c17-13-7-2-1-3-8-14(13)18-16(19)12-10-20-15-9-5-4-6-11(12)15/h4-6,9-10,13-14H,1-3,7-8H2,(H,18,19). The summed E-state index contributed by atoms with van der Waals surface area (Å²) in [6.45, 7) is 0. The van der Waals surface area contributed by atoms with E-state index >= 15 is 0 Å². The SMILES string of the molecule is O=C(NC1CCCCCC1Cl)c1coc2ccccc12. The number of furan rings is 1. The van der Waals surface area contributed by atoms with Gasteiger partial charge in [0, 0.05) is 11.4 Å². The van der Waals surface area contributed by atoms with E-state index < -0.39 is 0 Å². The zero-order valence-electron chi connectivity index (χ0n) is 11.3. The van der Waals surface area contributed by atoms with Gasteiger partial charge in [0.15, 0.2) is 0 Å². The van der Waals surface area contributed by atoms with Gasteiger partial charge in [0.2, 0.25) is 0 Å². The van der Waals surface area contributed by atoms with E-state index in [2.05, 4.69) is 5.32 Å². The topological polar surface area (TPSA) is 42.2 Å². The molecule has 0 saturated heterocycles. The van der Waals surface area contributed by atoms with E-state index in [1.807, 2.05) is 24.3 Å². The van der Waals surface area contributed by atoms with Gasteiger partial charge in [-0.05, 0) is 18.9 Å². The van der Waals surface area contributed by atoms with Crippen LogP contribution in [0.1, 0.15) is 42.5 Å². The molecule has 0 bridgehead atoms. The highest BCUT2D eigenvalue weighted by molar-refractivity contribution is 6.21. The van der Waals surface area contributed by atoms with Crippen LogP contribution in [-0.2, 0) is 0 Å². The van der Waals surface area contributed by atoms with Gasteiger partial charge in [-0.25, -0.2) is 0 Å². The van der Waals surface area contributed by atoms with Gasteiger partial charge in [0.25, 0.3) is 5.91 Å². The van der Waals surface area contributed by atoms with Crippen LogP contribution in [0.25, 0.3) is 11.0 Å². The summed E-state index contributed by atoms with van der Waals surface area (Å²) in [5, 5.41) is 3.95. The van der Waals surface area contributed by atoms with Gasteiger partial charge < -0.3 is 9.73 Å². The molecule has 1 fully saturated rings. The average Bonchev–Trinajstić information content (AvgIpc) is 2.79. The smallest absolute Gasteiger partial charge is 0.255 e. The lowest BCUT2D eigenvalue weighted by Crippen LogP contribution is -2.40. The molecular weight excluding hydrogens is 274 g/mol. The van der Waals surface area contributed by atoms with Gasteiger partial charge in [0.05, 0.1) is 10.9 Å². The van der Waals surface area contributed by atoms with E-state index in [-0.39, 0.29) is 17.3 Å². The lowest BCUT2D eigenvalue weighted by atomic mass is 10.1. The molecule has 1 aromatic carbocycles. The average molecular weight is 292 g/mol. The quantitative estimate of drug-likeness (QED) is 0.668. The van der Waals surface area contributed by atoms with E-state index in [1.165, 1.54) is 12.7 Å². The van der Waals surface area contributed by atoms with Crippen molar-refractivity contribution in [2.75, 3.05) is 0 Å². The number of alkyl halides is 1. The second-order valence-corrected chi connectivity index (χ2v) is 5.94. The van der Waals surface area contributed by atoms with Gasteiger partial charge in [-0.3, -0.25) is 4.79 Å². The zero-order chi connectivity index (χ0) is 13.9. The van der Waals surface area contributed by atoms with Gasteiger partial charge in [-0.15, -0.1) is 11.6 Å². The summed E-state index contributed by atoms with van der Waals surface area (Å²) in [5.41, 5.74) is 1.33. The number of hydrogen-bond acceptors (Lipinski definition) is 2. The molecule has 3 rings (SSSR count). The Balaban J connectivity index is 1.78. The van der Waals surface area contributed by atoms with Crippen molar-refractivity contribution in [2.45, 2.75) is 43.5 Å².